The standard InChI is InChI=1S/C25H27Cl2N5O2/c1-16(23-22(26)5-8-29-25(23)27)34-21-4-2-3-17(11-21)24(28)18-12-30-32(13-18)19-6-9-31(10-7-19)20-14-33-15-20/h2-5,8,11-13,16,19-20,28H,6-7,9-10,14-15H2,1H3. The Labute approximate surface area is 209 Å². The molecule has 1 N–H and O–H groups in total. The fourth-order valence-corrected chi connectivity index (χ4v) is 5.22. The molecule has 0 aliphatic carbocycles. The Morgan fingerprint density at radius 3 is 2.65 bits per heavy atom. The van der Waals surface area contributed by atoms with Gasteiger partial charge < -0.3 is 9.47 Å². The Balaban J connectivity index is 1.25. The van der Waals surface area contributed by atoms with Crippen molar-refractivity contribution in [3.05, 3.63) is 75.8 Å². The molecule has 2 aliphatic heterocycles. The second kappa shape index (κ2) is 10.0. The number of halogens is 2. The Morgan fingerprint density at radius 1 is 1.15 bits per heavy atom. The van der Waals surface area contributed by atoms with Crippen molar-refractivity contribution in [1.29, 1.82) is 5.41 Å². The van der Waals surface area contributed by atoms with Crippen molar-refractivity contribution in [3.63, 3.8) is 0 Å². The van der Waals surface area contributed by atoms with Crippen LogP contribution in [0.1, 0.15) is 48.6 Å². The summed E-state index contributed by atoms with van der Waals surface area (Å²) in [5, 5.41) is 14.2. The number of hydrogen-bond donors (Lipinski definition) is 1. The number of hydrogen-bond acceptors (Lipinski definition) is 6. The van der Waals surface area contributed by atoms with Crippen molar-refractivity contribution in [2.24, 2.45) is 0 Å². The molecule has 9 heteroatoms. The third-order valence-electron chi connectivity index (χ3n) is 6.63. The van der Waals surface area contributed by atoms with E-state index in [2.05, 4.69) is 15.0 Å². The maximum Gasteiger partial charge on any atom is 0.137 e. The summed E-state index contributed by atoms with van der Waals surface area (Å²) in [6.45, 7) is 5.72. The van der Waals surface area contributed by atoms with E-state index in [-0.39, 0.29) is 0 Å². The molecule has 2 aliphatic rings. The smallest absolute Gasteiger partial charge is 0.137 e. The van der Waals surface area contributed by atoms with Gasteiger partial charge in [0.05, 0.1) is 42.2 Å². The van der Waals surface area contributed by atoms with Gasteiger partial charge in [0.1, 0.15) is 17.0 Å². The Morgan fingerprint density at radius 2 is 1.94 bits per heavy atom. The van der Waals surface area contributed by atoms with Crippen molar-refractivity contribution in [1.82, 2.24) is 19.7 Å². The Bertz CT molecular complexity index is 1150. The first-order valence-corrected chi connectivity index (χ1v) is 12.3. The second-order valence-corrected chi connectivity index (χ2v) is 9.59. The highest BCUT2D eigenvalue weighted by Gasteiger charge is 2.30. The van der Waals surface area contributed by atoms with Crippen LogP contribution in [0.2, 0.25) is 10.2 Å². The topological polar surface area (TPSA) is 76.3 Å². The number of likely N-dealkylation sites (tertiary alicyclic amines) is 1. The lowest BCUT2D eigenvalue weighted by Gasteiger charge is -2.41. The largest absolute Gasteiger partial charge is 0.486 e. The van der Waals surface area contributed by atoms with Crippen LogP contribution in [0, 0.1) is 5.41 Å². The van der Waals surface area contributed by atoms with E-state index < -0.39 is 6.10 Å². The maximum absolute atomic E-state index is 8.75. The zero-order valence-electron chi connectivity index (χ0n) is 19.0. The monoisotopic (exact) mass is 499 g/mol. The van der Waals surface area contributed by atoms with Crippen LogP contribution < -0.4 is 4.74 Å². The van der Waals surface area contributed by atoms with Gasteiger partial charge in [-0.2, -0.15) is 5.10 Å². The molecule has 3 aromatic rings. The molecule has 1 aromatic carbocycles. The third-order valence-corrected chi connectivity index (χ3v) is 7.26. The summed E-state index contributed by atoms with van der Waals surface area (Å²) in [5.74, 6) is 0.630. The highest BCUT2D eigenvalue weighted by molar-refractivity contribution is 6.35. The number of pyridine rings is 1. The van der Waals surface area contributed by atoms with Crippen LogP contribution in [0.15, 0.2) is 48.9 Å². The molecular weight excluding hydrogens is 473 g/mol. The average Bonchev–Trinajstić information content (AvgIpc) is 3.28. The summed E-state index contributed by atoms with van der Waals surface area (Å²) < 4.78 is 13.4. The van der Waals surface area contributed by atoms with E-state index in [1.165, 1.54) is 0 Å². The number of nitrogens with zero attached hydrogens (tertiary/aromatic N) is 4. The molecule has 7 nitrogen and oxygen atoms in total. The van der Waals surface area contributed by atoms with Gasteiger partial charge in [0.15, 0.2) is 0 Å². The number of piperidine rings is 1. The summed E-state index contributed by atoms with van der Waals surface area (Å²) in [5.41, 5.74) is 2.60. The van der Waals surface area contributed by atoms with Crippen molar-refractivity contribution in [2.75, 3.05) is 26.3 Å². The van der Waals surface area contributed by atoms with Crippen molar-refractivity contribution < 1.29 is 9.47 Å². The SMILES string of the molecule is CC(Oc1cccc(C(=N)c2cnn(C3CCN(C4COC4)CC3)c2)c1)c1c(Cl)ccnc1Cl. The van der Waals surface area contributed by atoms with E-state index in [4.69, 9.17) is 38.1 Å². The molecule has 1 unspecified atom stereocenters. The molecule has 4 heterocycles. The van der Waals surface area contributed by atoms with Crippen LogP contribution in [0.5, 0.6) is 5.75 Å². The molecule has 2 aromatic heterocycles. The molecule has 5 rings (SSSR count). The lowest BCUT2D eigenvalue weighted by Crippen LogP contribution is -2.51. The highest BCUT2D eigenvalue weighted by Crippen LogP contribution is 2.32. The lowest BCUT2D eigenvalue weighted by atomic mass is 10.0. The van der Waals surface area contributed by atoms with E-state index in [0.717, 1.165) is 50.3 Å². The fourth-order valence-electron chi connectivity index (χ4n) is 4.56. The molecule has 0 amide bonds. The maximum atomic E-state index is 8.75. The number of ether oxygens (including phenoxy) is 2. The van der Waals surface area contributed by atoms with Gasteiger partial charge >= 0.3 is 0 Å². The number of aromatic nitrogens is 3. The normalized spacial score (nSPS) is 18.4. The third kappa shape index (κ3) is 4.84. The summed E-state index contributed by atoms with van der Waals surface area (Å²) >= 11 is 12.5. The molecule has 34 heavy (non-hydrogen) atoms. The van der Waals surface area contributed by atoms with Crippen LogP contribution in [0.25, 0.3) is 0 Å². The zero-order chi connectivity index (χ0) is 23.7. The van der Waals surface area contributed by atoms with Crippen molar-refractivity contribution in [3.8, 4) is 5.75 Å². The number of rotatable bonds is 7. The summed E-state index contributed by atoms with van der Waals surface area (Å²) in [6.07, 6.45) is 7.06. The van der Waals surface area contributed by atoms with Crippen LogP contribution >= 0.6 is 23.2 Å². The second-order valence-electron chi connectivity index (χ2n) is 8.83. The molecule has 2 saturated heterocycles. The predicted molar refractivity (Wildman–Crippen MR) is 132 cm³/mol. The molecule has 2 fully saturated rings. The van der Waals surface area contributed by atoms with Gasteiger partial charge in [0.25, 0.3) is 0 Å². The minimum atomic E-state index is -0.391. The van der Waals surface area contributed by atoms with Crippen LogP contribution in [0.4, 0.5) is 0 Å². The van der Waals surface area contributed by atoms with Gasteiger partial charge in [0.2, 0.25) is 0 Å². The van der Waals surface area contributed by atoms with E-state index in [1.807, 2.05) is 42.1 Å². The number of nitrogens with one attached hydrogen (secondary N) is 1. The summed E-state index contributed by atoms with van der Waals surface area (Å²) in [4.78, 5) is 6.62. The molecule has 1 atom stereocenters. The van der Waals surface area contributed by atoms with E-state index >= 15 is 0 Å². The van der Waals surface area contributed by atoms with E-state index in [1.54, 1.807) is 18.5 Å². The molecular formula is C25H27Cl2N5O2. The average molecular weight is 500 g/mol. The first-order chi connectivity index (χ1) is 16.5. The van der Waals surface area contributed by atoms with E-state index in [9.17, 15) is 0 Å². The molecule has 0 bridgehead atoms. The van der Waals surface area contributed by atoms with Gasteiger partial charge in [-0.25, -0.2) is 4.98 Å². The summed E-state index contributed by atoms with van der Waals surface area (Å²) in [7, 11) is 0. The molecule has 178 valence electrons. The zero-order valence-corrected chi connectivity index (χ0v) is 20.5. The summed E-state index contributed by atoms with van der Waals surface area (Å²) in [6, 6.07) is 10.1. The quantitative estimate of drug-likeness (QED) is 0.358. The minimum Gasteiger partial charge on any atom is -0.486 e. The van der Waals surface area contributed by atoms with Crippen LogP contribution in [-0.4, -0.2) is 57.7 Å². The van der Waals surface area contributed by atoms with Crippen LogP contribution in [-0.2, 0) is 4.74 Å². The lowest BCUT2D eigenvalue weighted by molar-refractivity contribution is -0.0734. The highest BCUT2D eigenvalue weighted by atomic mass is 35.5. The first kappa shape index (κ1) is 23.3. The van der Waals surface area contributed by atoms with Gasteiger partial charge in [0, 0.05) is 42.2 Å². The minimum absolute atomic E-state index is 0.322. The van der Waals surface area contributed by atoms with Crippen LogP contribution in [0.3, 0.4) is 0 Å². The first-order valence-electron chi connectivity index (χ1n) is 11.5. The Hall–Kier alpha value is -2.45. The predicted octanol–water partition coefficient (Wildman–Crippen LogP) is 5.18. The van der Waals surface area contributed by atoms with Gasteiger partial charge in [-0.3, -0.25) is 15.0 Å². The Kier molecular flexibility index (Phi) is 6.88. The molecule has 0 radical (unpaired) electrons. The molecule has 0 spiro atoms. The fraction of sp³-hybridized carbons (Fsp3) is 0.400. The van der Waals surface area contributed by atoms with Crippen molar-refractivity contribution >= 4 is 28.9 Å². The number of benzene rings is 1. The van der Waals surface area contributed by atoms with Gasteiger partial charge in [-0.05, 0) is 38.0 Å². The van der Waals surface area contributed by atoms with E-state index in [0.29, 0.717) is 39.3 Å². The van der Waals surface area contributed by atoms with Crippen molar-refractivity contribution in [2.45, 2.75) is 38.0 Å². The molecule has 0 saturated carbocycles. The van der Waals surface area contributed by atoms with Gasteiger partial charge in [-0.15, -0.1) is 0 Å². The van der Waals surface area contributed by atoms with Gasteiger partial charge in [-0.1, -0.05) is 35.3 Å².